The van der Waals surface area contributed by atoms with Crippen LogP contribution in [0.3, 0.4) is 0 Å². The second-order valence-electron chi connectivity index (χ2n) is 4.13. The van der Waals surface area contributed by atoms with E-state index in [2.05, 4.69) is 10.1 Å². The predicted molar refractivity (Wildman–Crippen MR) is 61.3 cm³/mol. The summed E-state index contributed by atoms with van der Waals surface area (Å²) < 4.78 is 10.5. The topological polar surface area (TPSA) is 74.2 Å². The number of benzene rings is 1. The molecule has 17 heavy (non-hydrogen) atoms. The molecule has 0 saturated carbocycles. The smallest absolute Gasteiger partial charge is 0.234 e. The van der Waals surface area contributed by atoms with Crippen LogP contribution in [0.2, 0.25) is 0 Å². The van der Waals surface area contributed by atoms with Crippen LogP contribution in [0.25, 0.3) is 11.4 Å². The molecule has 1 aromatic heterocycles. The van der Waals surface area contributed by atoms with E-state index >= 15 is 0 Å². The number of hydrogen-bond acceptors (Lipinski definition) is 5. The highest BCUT2D eigenvalue weighted by Gasteiger charge is 2.31. The number of aromatic nitrogens is 2. The molecule has 2 heterocycles. The molecule has 0 radical (unpaired) electrons. The Hall–Kier alpha value is -1.72. The first kappa shape index (κ1) is 10.4. The van der Waals surface area contributed by atoms with Crippen molar-refractivity contribution in [3.8, 4) is 11.4 Å². The quantitative estimate of drug-likeness (QED) is 0.840. The van der Waals surface area contributed by atoms with E-state index in [-0.39, 0.29) is 12.0 Å². The Kier molecular flexibility index (Phi) is 2.62. The molecule has 0 amide bonds. The lowest BCUT2D eigenvalue weighted by Crippen LogP contribution is -2.26. The molecule has 5 nitrogen and oxygen atoms in total. The number of nitrogens with two attached hydrogens (primary N) is 1. The van der Waals surface area contributed by atoms with E-state index in [0.29, 0.717) is 24.9 Å². The number of nitrogens with zero attached hydrogens (tertiary/aromatic N) is 2. The SMILES string of the molecule is NC1COCC1c1nc(-c2ccccc2)no1. The van der Waals surface area contributed by atoms with E-state index in [1.54, 1.807) is 0 Å². The molecule has 2 N–H and O–H groups in total. The molecular weight excluding hydrogens is 218 g/mol. The van der Waals surface area contributed by atoms with Gasteiger partial charge in [0.2, 0.25) is 11.7 Å². The fourth-order valence-corrected chi connectivity index (χ4v) is 1.92. The zero-order valence-corrected chi connectivity index (χ0v) is 9.24. The van der Waals surface area contributed by atoms with Gasteiger partial charge in [0.25, 0.3) is 0 Å². The summed E-state index contributed by atoms with van der Waals surface area (Å²) in [6, 6.07) is 9.66. The van der Waals surface area contributed by atoms with Crippen LogP contribution in [0, 0.1) is 0 Å². The zero-order chi connectivity index (χ0) is 11.7. The molecule has 1 aliphatic rings. The Bertz CT molecular complexity index is 497. The molecule has 0 aliphatic carbocycles. The minimum atomic E-state index is -0.0564. The van der Waals surface area contributed by atoms with Crippen LogP contribution in [0.4, 0.5) is 0 Å². The molecule has 0 spiro atoms. The highest BCUT2D eigenvalue weighted by atomic mass is 16.5. The van der Waals surface area contributed by atoms with E-state index in [1.165, 1.54) is 0 Å². The first-order valence-electron chi connectivity index (χ1n) is 5.57. The third kappa shape index (κ3) is 1.94. The lowest BCUT2D eigenvalue weighted by Gasteiger charge is -2.06. The summed E-state index contributed by atoms with van der Waals surface area (Å²) in [7, 11) is 0. The van der Waals surface area contributed by atoms with E-state index in [4.69, 9.17) is 15.0 Å². The van der Waals surface area contributed by atoms with Gasteiger partial charge in [-0.1, -0.05) is 35.5 Å². The normalized spacial score (nSPS) is 24.1. The summed E-state index contributed by atoms with van der Waals surface area (Å²) in [4.78, 5) is 4.38. The van der Waals surface area contributed by atoms with Crippen molar-refractivity contribution < 1.29 is 9.26 Å². The van der Waals surface area contributed by atoms with Crippen molar-refractivity contribution in [2.75, 3.05) is 13.2 Å². The minimum absolute atomic E-state index is 0.0139. The molecule has 1 fully saturated rings. The lowest BCUT2D eigenvalue weighted by molar-refractivity contribution is 0.187. The van der Waals surface area contributed by atoms with Crippen LogP contribution >= 0.6 is 0 Å². The van der Waals surface area contributed by atoms with E-state index in [1.807, 2.05) is 30.3 Å². The highest BCUT2D eigenvalue weighted by Crippen LogP contribution is 2.25. The Morgan fingerprint density at radius 2 is 2.00 bits per heavy atom. The Labute approximate surface area is 98.6 Å². The van der Waals surface area contributed by atoms with Crippen LogP contribution in [-0.4, -0.2) is 29.4 Å². The van der Waals surface area contributed by atoms with E-state index < -0.39 is 0 Å². The maximum atomic E-state index is 5.91. The van der Waals surface area contributed by atoms with Gasteiger partial charge in [-0.05, 0) is 0 Å². The second-order valence-corrected chi connectivity index (χ2v) is 4.13. The third-order valence-corrected chi connectivity index (χ3v) is 2.92. The fourth-order valence-electron chi connectivity index (χ4n) is 1.92. The number of ether oxygens (including phenoxy) is 1. The van der Waals surface area contributed by atoms with Gasteiger partial charge in [0.15, 0.2) is 0 Å². The summed E-state index contributed by atoms with van der Waals surface area (Å²) in [5.41, 5.74) is 6.85. The molecule has 1 aromatic carbocycles. The van der Waals surface area contributed by atoms with Crippen molar-refractivity contribution >= 4 is 0 Å². The van der Waals surface area contributed by atoms with Gasteiger partial charge >= 0.3 is 0 Å². The van der Waals surface area contributed by atoms with Gasteiger partial charge in [-0.15, -0.1) is 0 Å². The van der Waals surface area contributed by atoms with Crippen molar-refractivity contribution in [3.05, 3.63) is 36.2 Å². The average Bonchev–Trinajstić information content (AvgIpc) is 2.98. The minimum Gasteiger partial charge on any atom is -0.379 e. The molecule has 2 atom stereocenters. The van der Waals surface area contributed by atoms with E-state index in [9.17, 15) is 0 Å². The van der Waals surface area contributed by atoms with Gasteiger partial charge in [0.1, 0.15) is 0 Å². The van der Waals surface area contributed by atoms with Gasteiger partial charge in [-0.25, -0.2) is 0 Å². The molecule has 0 bridgehead atoms. The molecule has 1 saturated heterocycles. The number of hydrogen-bond donors (Lipinski definition) is 1. The van der Waals surface area contributed by atoms with Crippen LogP contribution in [0.15, 0.2) is 34.9 Å². The van der Waals surface area contributed by atoms with Gasteiger partial charge in [-0.3, -0.25) is 0 Å². The Morgan fingerprint density at radius 1 is 1.18 bits per heavy atom. The Balaban J connectivity index is 1.88. The summed E-state index contributed by atoms with van der Waals surface area (Å²) in [6.45, 7) is 1.10. The molecule has 2 unspecified atom stereocenters. The van der Waals surface area contributed by atoms with Crippen LogP contribution in [0.5, 0.6) is 0 Å². The van der Waals surface area contributed by atoms with Gasteiger partial charge in [-0.2, -0.15) is 4.98 Å². The molecule has 88 valence electrons. The predicted octanol–water partition coefficient (Wildman–Crippen LogP) is 1.18. The first-order chi connectivity index (χ1) is 8.34. The third-order valence-electron chi connectivity index (χ3n) is 2.92. The molecular formula is C12H13N3O2. The first-order valence-corrected chi connectivity index (χ1v) is 5.57. The maximum Gasteiger partial charge on any atom is 0.234 e. The fraction of sp³-hybridized carbons (Fsp3) is 0.333. The molecule has 1 aliphatic heterocycles. The summed E-state index contributed by atoms with van der Waals surface area (Å²) >= 11 is 0. The van der Waals surface area contributed by atoms with Gasteiger partial charge in [0.05, 0.1) is 19.1 Å². The average molecular weight is 231 g/mol. The number of rotatable bonds is 2. The maximum absolute atomic E-state index is 5.91. The molecule has 5 heteroatoms. The van der Waals surface area contributed by atoms with Crippen molar-refractivity contribution in [2.45, 2.75) is 12.0 Å². The van der Waals surface area contributed by atoms with Crippen LogP contribution in [0.1, 0.15) is 11.8 Å². The molecule has 3 rings (SSSR count). The monoisotopic (exact) mass is 231 g/mol. The standard InChI is InChI=1S/C12H13N3O2/c13-10-7-16-6-9(10)12-14-11(15-17-12)8-4-2-1-3-5-8/h1-5,9-10H,6-7,13H2. The van der Waals surface area contributed by atoms with Crippen molar-refractivity contribution in [3.63, 3.8) is 0 Å². The molecule has 2 aromatic rings. The van der Waals surface area contributed by atoms with Crippen molar-refractivity contribution in [1.82, 2.24) is 10.1 Å². The summed E-state index contributed by atoms with van der Waals surface area (Å²) in [5, 5.41) is 3.97. The van der Waals surface area contributed by atoms with Crippen molar-refractivity contribution in [2.24, 2.45) is 5.73 Å². The largest absolute Gasteiger partial charge is 0.379 e. The highest BCUT2D eigenvalue weighted by molar-refractivity contribution is 5.53. The summed E-state index contributed by atoms with van der Waals surface area (Å²) in [5.74, 6) is 1.17. The summed E-state index contributed by atoms with van der Waals surface area (Å²) in [6.07, 6.45) is 0. The van der Waals surface area contributed by atoms with Crippen molar-refractivity contribution in [1.29, 1.82) is 0 Å². The van der Waals surface area contributed by atoms with Gasteiger partial charge in [0, 0.05) is 11.6 Å². The van der Waals surface area contributed by atoms with Gasteiger partial charge < -0.3 is 15.0 Å². The van der Waals surface area contributed by atoms with Crippen LogP contribution in [-0.2, 0) is 4.74 Å². The lowest BCUT2D eigenvalue weighted by atomic mass is 10.1. The van der Waals surface area contributed by atoms with Crippen LogP contribution < -0.4 is 5.73 Å². The Morgan fingerprint density at radius 3 is 2.71 bits per heavy atom. The van der Waals surface area contributed by atoms with E-state index in [0.717, 1.165) is 5.56 Å². The zero-order valence-electron chi connectivity index (χ0n) is 9.24. The second kappa shape index (κ2) is 4.27.